The maximum Gasteiger partial charge on any atom is 0.230 e. The molecule has 0 aromatic carbocycles. The van der Waals surface area contributed by atoms with Crippen molar-refractivity contribution in [2.75, 3.05) is 19.6 Å². The third-order valence-electron chi connectivity index (χ3n) is 5.70. The number of hydrogen-bond donors (Lipinski definition) is 1. The van der Waals surface area contributed by atoms with Crippen LogP contribution in [0.25, 0.3) is 0 Å². The van der Waals surface area contributed by atoms with E-state index in [0.29, 0.717) is 11.9 Å². The van der Waals surface area contributed by atoms with Crippen molar-refractivity contribution in [2.45, 2.75) is 64.3 Å². The Morgan fingerprint density at radius 2 is 2.16 bits per heavy atom. The monoisotopic (exact) mass is 264 g/mol. The number of amides is 1. The molecule has 108 valence electrons. The second-order valence-electron chi connectivity index (χ2n) is 6.86. The van der Waals surface area contributed by atoms with Crippen molar-refractivity contribution in [1.29, 1.82) is 0 Å². The quantitative estimate of drug-likeness (QED) is 0.849. The van der Waals surface area contributed by atoms with Gasteiger partial charge in [-0.15, -0.1) is 0 Å². The lowest BCUT2D eigenvalue weighted by Crippen LogP contribution is -2.48. The molecule has 19 heavy (non-hydrogen) atoms. The number of fused-ring (bicyclic) bond motifs is 1. The molecule has 3 unspecified atom stereocenters. The first-order valence-corrected chi connectivity index (χ1v) is 8.29. The molecule has 2 heterocycles. The Hall–Kier alpha value is -0.570. The molecule has 0 radical (unpaired) electrons. The highest BCUT2D eigenvalue weighted by atomic mass is 16.2. The van der Waals surface area contributed by atoms with E-state index in [1.807, 2.05) is 0 Å². The predicted molar refractivity (Wildman–Crippen MR) is 76.9 cm³/mol. The third kappa shape index (κ3) is 2.31. The van der Waals surface area contributed by atoms with Crippen LogP contribution in [0.3, 0.4) is 0 Å². The van der Waals surface area contributed by atoms with Gasteiger partial charge in [0.05, 0.1) is 5.41 Å². The van der Waals surface area contributed by atoms with Crippen LogP contribution in [-0.2, 0) is 4.79 Å². The van der Waals surface area contributed by atoms with Gasteiger partial charge in [-0.25, -0.2) is 0 Å². The lowest BCUT2D eigenvalue weighted by Gasteiger charge is -2.37. The molecule has 3 fully saturated rings. The van der Waals surface area contributed by atoms with E-state index in [1.54, 1.807) is 0 Å². The minimum Gasteiger partial charge on any atom is -0.339 e. The van der Waals surface area contributed by atoms with Crippen LogP contribution in [0.5, 0.6) is 0 Å². The Kier molecular flexibility index (Phi) is 3.84. The Balaban J connectivity index is 1.75. The maximum atomic E-state index is 13.1. The number of carbonyl (C=O) groups is 1. The Morgan fingerprint density at radius 1 is 1.32 bits per heavy atom. The molecule has 1 N–H and O–H groups in total. The zero-order valence-electron chi connectivity index (χ0n) is 12.3. The van der Waals surface area contributed by atoms with Gasteiger partial charge in [0.1, 0.15) is 0 Å². The van der Waals surface area contributed by atoms with Crippen LogP contribution < -0.4 is 5.32 Å². The van der Waals surface area contributed by atoms with Crippen LogP contribution >= 0.6 is 0 Å². The molecule has 0 aromatic heterocycles. The van der Waals surface area contributed by atoms with Crippen molar-refractivity contribution < 1.29 is 4.79 Å². The third-order valence-corrected chi connectivity index (χ3v) is 5.70. The highest BCUT2D eigenvalue weighted by Gasteiger charge is 2.47. The number of rotatable bonds is 3. The van der Waals surface area contributed by atoms with Crippen molar-refractivity contribution in [3.8, 4) is 0 Å². The molecule has 0 spiro atoms. The van der Waals surface area contributed by atoms with Crippen LogP contribution in [-0.4, -0.2) is 36.5 Å². The minimum atomic E-state index is -0.0684. The van der Waals surface area contributed by atoms with E-state index in [9.17, 15) is 4.79 Å². The molecule has 0 bridgehead atoms. The Morgan fingerprint density at radius 3 is 2.89 bits per heavy atom. The summed E-state index contributed by atoms with van der Waals surface area (Å²) in [7, 11) is 0. The summed E-state index contributed by atoms with van der Waals surface area (Å²) in [4.78, 5) is 15.4. The van der Waals surface area contributed by atoms with Gasteiger partial charge in [0.2, 0.25) is 5.91 Å². The lowest BCUT2D eigenvalue weighted by atomic mass is 9.79. The van der Waals surface area contributed by atoms with Crippen molar-refractivity contribution >= 4 is 5.91 Å². The van der Waals surface area contributed by atoms with Crippen LogP contribution in [0.2, 0.25) is 0 Å². The predicted octanol–water partition coefficient (Wildman–Crippen LogP) is 2.56. The van der Waals surface area contributed by atoms with Gasteiger partial charge in [-0.3, -0.25) is 4.79 Å². The Bertz CT molecular complexity index is 336. The first-order chi connectivity index (χ1) is 9.27. The van der Waals surface area contributed by atoms with Gasteiger partial charge >= 0.3 is 0 Å². The molecule has 1 saturated carbocycles. The first-order valence-electron chi connectivity index (χ1n) is 8.29. The van der Waals surface area contributed by atoms with E-state index in [-0.39, 0.29) is 5.41 Å². The lowest BCUT2D eigenvalue weighted by molar-refractivity contribution is -0.143. The summed E-state index contributed by atoms with van der Waals surface area (Å²) in [5, 5.41) is 3.43. The van der Waals surface area contributed by atoms with Crippen LogP contribution in [0, 0.1) is 11.3 Å². The van der Waals surface area contributed by atoms with Gasteiger partial charge in [-0.2, -0.15) is 0 Å². The van der Waals surface area contributed by atoms with Crippen molar-refractivity contribution in [3.63, 3.8) is 0 Å². The van der Waals surface area contributed by atoms with E-state index in [0.717, 1.165) is 44.8 Å². The van der Waals surface area contributed by atoms with Gasteiger partial charge < -0.3 is 10.2 Å². The van der Waals surface area contributed by atoms with Crippen LogP contribution in [0.1, 0.15) is 58.3 Å². The molecular formula is C16H28N2O. The topological polar surface area (TPSA) is 32.3 Å². The molecule has 3 rings (SSSR count). The average Bonchev–Trinajstić information content (AvgIpc) is 3.05. The zero-order chi connectivity index (χ0) is 13.3. The zero-order valence-corrected chi connectivity index (χ0v) is 12.3. The van der Waals surface area contributed by atoms with E-state index in [4.69, 9.17) is 0 Å². The van der Waals surface area contributed by atoms with Gasteiger partial charge in [0.25, 0.3) is 0 Å². The van der Waals surface area contributed by atoms with Crippen molar-refractivity contribution in [1.82, 2.24) is 10.2 Å². The van der Waals surface area contributed by atoms with Gasteiger partial charge in [-0.05, 0) is 44.6 Å². The van der Waals surface area contributed by atoms with Crippen LogP contribution in [0.15, 0.2) is 0 Å². The SMILES string of the molecule is CCCC1(C(=O)N2CCC3CCCCC32)CCNC1. The Labute approximate surface area is 117 Å². The molecule has 0 aromatic rings. The summed E-state index contributed by atoms with van der Waals surface area (Å²) in [6.45, 7) is 5.17. The van der Waals surface area contributed by atoms with E-state index in [2.05, 4.69) is 17.1 Å². The van der Waals surface area contributed by atoms with Gasteiger partial charge in [0.15, 0.2) is 0 Å². The van der Waals surface area contributed by atoms with E-state index < -0.39 is 0 Å². The standard InChI is InChI=1S/C16H28N2O/c1-2-8-16(9-10-17-12-16)15(19)18-11-7-13-5-3-4-6-14(13)18/h13-14,17H,2-12H2,1H3. The molecule has 1 amide bonds. The minimum absolute atomic E-state index is 0.0684. The number of likely N-dealkylation sites (tertiary alicyclic amines) is 1. The molecular weight excluding hydrogens is 236 g/mol. The second kappa shape index (κ2) is 5.43. The molecule has 3 heteroatoms. The number of hydrogen-bond acceptors (Lipinski definition) is 2. The van der Waals surface area contributed by atoms with Crippen LogP contribution in [0.4, 0.5) is 0 Å². The van der Waals surface area contributed by atoms with Gasteiger partial charge in [0, 0.05) is 19.1 Å². The summed E-state index contributed by atoms with van der Waals surface area (Å²) in [5.41, 5.74) is -0.0684. The fourth-order valence-corrected chi connectivity index (χ4v) is 4.69. The average molecular weight is 264 g/mol. The molecule has 1 aliphatic carbocycles. The maximum absolute atomic E-state index is 13.1. The second-order valence-corrected chi connectivity index (χ2v) is 6.86. The summed E-state index contributed by atoms with van der Waals surface area (Å²) in [6.07, 6.45) is 9.80. The summed E-state index contributed by atoms with van der Waals surface area (Å²) in [6, 6.07) is 0.579. The van der Waals surface area contributed by atoms with E-state index in [1.165, 1.54) is 32.1 Å². The number of nitrogens with one attached hydrogen (secondary N) is 1. The van der Waals surface area contributed by atoms with E-state index >= 15 is 0 Å². The summed E-state index contributed by atoms with van der Waals surface area (Å²) in [5.74, 6) is 1.29. The molecule has 3 aliphatic rings. The fourth-order valence-electron chi connectivity index (χ4n) is 4.69. The number of nitrogens with zero attached hydrogens (tertiary/aromatic N) is 1. The summed E-state index contributed by atoms with van der Waals surface area (Å²) < 4.78 is 0. The normalized spacial score (nSPS) is 38.5. The molecule has 3 nitrogen and oxygen atoms in total. The highest BCUT2D eigenvalue weighted by molar-refractivity contribution is 5.84. The smallest absolute Gasteiger partial charge is 0.230 e. The molecule has 2 aliphatic heterocycles. The highest BCUT2D eigenvalue weighted by Crippen LogP contribution is 2.41. The summed E-state index contributed by atoms with van der Waals surface area (Å²) >= 11 is 0. The van der Waals surface area contributed by atoms with Crippen molar-refractivity contribution in [3.05, 3.63) is 0 Å². The first kappa shape index (κ1) is 13.4. The van der Waals surface area contributed by atoms with Crippen molar-refractivity contribution in [2.24, 2.45) is 11.3 Å². The molecule has 2 saturated heterocycles. The van der Waals surface area contributed by atoms with Gasteiger partial charge in [-0.1, -0.05) is 26.2 Å². The fraction of sp³-hybridized carbons (Fsp3) is 0.938. The largest absolute Gasteiger partial charge is 0.339 e. The molecule has 3 atom stereocenters. The number of carbonyl (C=O) groups excluding carboxylic acids is 1.